The van der Waals surface area contributed by atoms with Gasteiger partial charge >= 0.3 is 6.18 Å². The van der Waals surface area contributed by atoms with Crippen molar-refractivity contribution in [1.29, 1.82) is 0 Å². The fourth-order valence-electron chi connectivity index (χ4n) is 2.92. The van der Waals surface area contributed by atoms with E-state index in [9.17, 15) is 28.1 Å². The molecule has 2 aromatic carbocycles. The first-order chi connectivity index (χ1) is 15.6. The molecule has 0 aliphatic rings. The molecule has 0 spiro atoms. The predicted octanol–water partition coefficient (Wildman–Crippen LogP) is 5.42. The first-order valence-electron chi connectivity index (χ1n) is 9.49. The average molecular weight is 500 g/mol. The van der Waals surface area contributed by atoms with Gasteiger partial charge in [-0.05, 0) is 24.3 Å². The molecule has 0 aliphatic heterocycles. The number of hydrogen-bond acceptors (Lipinski definition) is 6. The van der Waals surface area contributed by atoms with E-state index in [4.69, 9.17) is 16.3 Å². The van der Waals surface area contributed by atoms with Gasteiger partial charge in [-0.1, -0.05) is 29.8 Å². The third-order valence-corrected chi connectivity index (χ3v) is 5.50. The van der Waals surface area contributed by atoms with Crippen molar-refractivity contribution >= 4 is 34.5 Å². The fraction of sp³-hybridized carbons (Fsp3) is 0.238. The van der Waals surface area contributed by atoms with Crippen molar-refractivity contribution in [1.82, 2.24) is 9.88 Å². The zero-order chi connectivity index (χ0) is 24.0. The third kappa shape index (κ3) is 7.43. The highest BCUT2D eigenvalue weighted by molar-refractivity contribution is 7.09. The first-order valence-corrected chi connectivity index (χ1v) is 10.7. The van der Waals surface area contributed by atoms with Crippen LogP contribution >= 0.6 is 22.9 Å². The summed E-state index contributed by atoms with van der Waals surface area (Å²) in [5, 5.41) is 13.8. The molecular weight excluding hydrogens is 483 g/mol. The molecule has 0 N–H and O–H groups in total. The topological polar surface area (TPSA) is 85.6 Å². The monoisotopic (exact) mass is 499 g/mol. The Balaban J connectivity index is 1.68. The third-order valence-electron chi connectivity index (χ3n) is 4.38. The van der Waals surface area contributed by atoms with Crippen LogP contribution in [0.25, 0.3) is 0 Å². The standard InChI is InChI=1S/C21H17ClF3N3O4S/c22-15-5-7-17(8-6-15)32-11-19-26-16(12-33-19)9-20(29)27(13-21(23,24)25)10-14-3-1-2-4-18(14)28(30)31/h1-8,12H,9-11,13H2. The summed E-state index contributed by atoms with van der Waals surface area (Å²) < 4.78 is 44.8. The number of aromatic nitrogens is 1. The van der Waals surface area contributed by atoms with Gasteiger partial charge < -0.3 is 9.64 Å². The molecule has 3 rings (SSSR count). The van der Waals surface area contributed by atoms with Gasteiger partial charge in [-0.3, -0.25) is 14.9 Å². The van der Waals surface area contributed by atoms with Gasteiger partial charge in [0.15, 0.2) is 0 Å². The molecule has 0 unspecified atom stereocenters. The minimum atomic E-state index is -4.67. The number of nitro groups is 1. The van der Waals surface area contributed by atoms with E-state index in [1.54, 1.807) is 29.6 Å². The van der Waals surface area contributed by atoms with Gasteiger partial charge in [-0.25, -0.2) is 4.98 Å². The molecule has 0 fully saturated rings. The van der Waals surface area contributed by atoms with E-state index in [2.05, 4.69) is 4.98 Å². The van der Waals surface area contributed by atoms with E-state index in [-0.39, 0.29) is 30.0 Å². The van der Waals surface area contributed by atoms with Gasteiger partial charge in [0.2, 0.25) is 5.91 Å². The average Bonchev–Trinajstić information content (AvgIpc) is 3.19. The van der Waals surface area contributed by atoms with Crippen molar-refractivity contribution in [2.24, 2.45) is 0 Å². The predicted molar refractivity (Wildman–Crippen MR) is 116 cm³/mol. The second-order valence-corrected chi connectivity index (χ2v) is 8.28. The number of amides is 1. The molecule has 12 heteroatoms. The molecule has 7 nitrogen and oxygen atoms in total. The number of para-hydroxylation sites is 1. The van der Waals surface area contributed by atoms with E-state index >= 15 is 0 Å². The lowest BCUT2D eigenvalue weighted by Gasteiger charge is -2.23. The number of thiazole rings is 1. The second-order valence-electron chi connectivity index (χ2n) is 6.90. The molecule has 33 heavy (non-hydrogen) atoms. The molecule has 0 bridgehead atoms. The van der Waals surface area contributed by atoms with Gasteiger partial charge in [0.1, 0.15) is 23.9 Å². The second kappa shape index (κ2) is 10.6. The van der Waals surface area contributed by atoms with E-state index in [1.807, 2.05) is 0 Å². The van der Waals surface area contributed by atoms with Gasteiger partial charge in [0.05, 0.1) is 23.6 Å². The van der Waals surface area contributed by atoms with Gasteiger partial charge in [0.25, 0.3) is 5.69 Å². The van der Waals surface area contributed by atoms with Crippen molar-refractivity contribution in [2.45, 2.75) is 25.7 Å². The molecule has 1 aromatic heterocycles. The molecule has 0 aliphatic carbocycles. The first kappa shape index (κ1) is 24.5. The quantitative estimate of drug-likeness (QED) is 0.290. The smallest absolute Gasteiger partial charge is 0.406 e. The van der Waals surface area contributed by atoms with Crippen LogP contribution in [0.4, 0.5) is 18.9 Å². The number of nitrogens with zero attached hydrogens (tertiary/aromatic N) is 3. The number of halogens is 4. The van der Waals surface area contributed by atoms with Crippen LogP contribution in [0.15, 0.2) is 53.9 Å². The van der Waals surface area contributed by atoms with Crippen molar-refractivity contribution in [3.05, 3.63) is 85.3 Å². The summed E-state index contributed by atoms with van der Waals surface area (Å²) in [6.45, 7) is -1.97. The van der Waals surface area contributed by atoms with Crippen molar-refractivity contribution in [2.75, 3.05) is 6.54 Å². The Hall–Kier alpha value is -3.18. The fourth-order valence-corrected chi connectivity index (χ4v) is 3.75. The van der Waals surface area contributed by atoms with Gasteiger partial charge in [-0.15, -0.1) is 11.3 Å². The summed E-state index contributed by atoms with van der Waals surface area (Å²) in [4.78, 5) is 28.0. The highest BCUT2D eigenvalue weighted by Crippen LogP contribution is 2.24. The molecule has 3 aromatic rings. The Kier molecular flexibility index (Phi) is 7.88. The number of hydrogen-bond donors (Lipinski definition) is 0. The lowest BCUT2D eigenvalue weighted by atomic mass is 10.1. The summed E-state index contributed by atoms with van der Waals surface area (Å²) >= 11 is 7.02. The van der Waals surface area contributed by atoms with E-state index in [0.29, 0.717) is 20.7 Å². The number of nitro benzene ring substituents is 1. The van der Waals surface area contributed by atoms with Crippen LogP contribution in [0.5, 0.6) is 5.75 Å². The zero-order valence-electron chi connectivity index (χ0n) is 16.9. The number of alkyl halides is 3. The van der Waals surface area contributed by atoms with Crippen molar-refractivity contribution in [3.63, 3.8) is 0 Å². The number of carbonyl (C=O) groups excluding carboxylic acids is 1. The maximum absolute atomic E-state index is 13.1. The van der Waals surface area contributed by atoms with Crippen LogP contribution < -0.4 is 4.74 Å². The summed E-state index contributed by atoms with van der Waals surface area (Å²) in [7, 11) is 0. The lowest BCUT2D eigenvalue weighted by molar-refractivity contribution is -0.385. The lowest BCUT2D eigenvalue weighted by Crippen LogP contribution is -2.39. The minimum Gasteiger partial charge on any atom is -0.486 e. The Morgan fingerprint density at radius 1 is 1.18 bits per heavy atom. The molecule has 0 atom stereocenters. The minimum absolute atomic E-state index is 0.00966. The van der Waals surface area contributed by atoms with Gasteiger partial charge in [-0.2, -0.15) is 13.2 Å². The molecule has 1 amide bonds. The Labute approximate surface area is 195 Å². The van der Waals surface area contributed by atoms with Crippen LogP contribution in [-0.2, 0) is 24.4 Å². The number of rotatable bonds is 9. The zero-order valence-corrected chi connectivity index (χ0v) is 18.5. The SMILES string of the molecule is O=C(Cc1csc(COc2ccc(Cl)cc2)n1)N(Cc1ccccc1[N+](=O)[O-])CC(F)(F)F. The van der Waals surface area contributed by atoms with Crippen LogP contribution in [0.1, 0.15) is 16.3 Å². The van der Waals surface area contributed by atoms with Gasteiger partial charge in [0, 0.05) is 22.0 Å². The summed E-state index contributed by atoms with van der Waals surface area (Å²) in [5.74, 6) is -0.283. The highest BCUT2D eigenvalue weighted by Gasteiger charge is 2.34. The number of benzene rings is 2. The Bertz CT molecular complexity index is 1120. The van der Waals surface area contributed by atoms with Crippen molar-refractivity contribution < 1.29 is 27.6 Å². The maximum Gasteiger partial charge on any atom is 0.406 e. The maximum atomic E-state index is 13.1. The van der Waals surface area contributed by atoms with Crippen LogP contribution in [0, 0.1) is 10.1 Å². The summed E-state index contributed by atoms with van der Waals surface area (Å²) in [6, 6.07) is 12.1. The largest absolute Gasteiger partial charge is 0.486 e. The Morgan fingerprint density at radius 3 is 2.55 bits per heavy atom. The number of carbonyl (C=O) groups is 1. The van der Waals surface area contributed by atoms with Crippen LogP contribution in [0.2, 0.25) is 5.02 Å². The summed E-state index contributed by atoms with van der Waals surface area (Å²) in [6.07, 6.45) is -5.05. The van der Waals surface area contributed by atoms with Crippen molar-refractivity contribution in [3.8, 4) is 5.75 Å². The molecule has 174 valence electrons. The van der Waals surface area contributed by atoms with Crippen LogP contribution in [0.3, 0.4) is 0 Å². The van der Waals surface area contributed by atoms with Crippen LogP contribution in [-0.4, -0.2) is 33.4 Å². The molecule has 1 heterocycles. The highest BCUT2D eigenvalue weighted by atomic mass is 35.5. The number of ether oxygens (including phenoxy) is 1. The molecule has 0 saturated carbocycles. The van der Waals surface area contributed by atoms with E-state index < -0.39 is 30.1 Å². The van der Waals surface area contributed by atoms with E-state index in [1.165, 1.54) is 35.6 Å². The Morgan fingerprint density at radius 2 is 1.88 bits per heavy atom. The molecule has 0 saturated heterocycles. The molecular formula is C21H17ClF3N3O4S. The van der Waals surface area contributed by atoms with E-state index in [0.717, 1.165) is 0 Å². The normalized spacial score (nSPS) is 11.3. The molecule has 0 radical (unpaired) electrons. The summed E-state index contributed by atoms with van der Waals surface area (Å²) in [5.41, 5.74) is -0.0577.